The quantitative estimate of drug-likeness (QED) is 0.211. The number of hydrogen-bond donors (Lipinski definition) is 0. The predicted molar refractivity (Wildman–Crippen MR) is 153 cm³/mol. The van der Waals surface area contributed by atoms with Gasteiger partial charge < -0.3 is 18.9 Å². The fraction of sp³-hybridized carbons (Fsp3) is 0.400. The van der Waals surface area contributed by atoms with Gasteiger partial charge in [0.05, 0.1) is 38.5 Å². The van der Waals surface area contributed by atoms with Gasteiger partial charge in [0.15, 0.2) is 11.9 Å². The largest absolute Gasteiger partial charge is 0.490 e. The summed E-state index contributed by atoms with van der Waals surface area (Å²) in [6.45, 7) is 2.40. The third-order valence-electron chi connectivity index (χ3n) is 5.22. The molecule has 2 aromatic rings. The Kier molecular flexibility index (Phi) is 12.7. The lowest BCUT2D eigenvalue weighted by Crippen LogP contribution is -2.43. The fourth-order valence-corrected chi connectivity index (χ4v) is 6.53. The van der Waals surface area contributed by atoms with E-state index in [-0.39, 0.29) is 50.4 Å². The number of sulfonamides is 1. The first-order valence-electron chi connectivity index (χ1n) is 11.9. The Labute approximate surface area is 258 Å². The maximum Gasteiger partial charge on any atom is 0.303 e. The van der Waals surface area contributed by atoms with E-state index in [1.54, 1.807) is 0 Å². The molecule has 0 aliphatic carbocycles. The highest BCUT2D eigenvalue weighted by molar-refractivity contribution is 7.91. The normalized spacial score (nSPS) is 13.0. The molecule has 0 radical (unpaired) electrons. The Hall–Kier alpha value is -2.78. The molecule has 0 N–H and O–H groups in total. The average Bonchev–Trinajstić information content (AvgIpc) is 2.87. The molecule has 0 heterocycles. The van der Waals surface area contributed by atoms with E-state index in [4.69, 9.17) is 53.8 Å². The van der Waals surface area contributed by atoms with E-state index in [9.17, 15) is 31.2 Å². The minimum absolute atomic E-state index is 0.0233. The lowest BCUT2D eigenvalue weighted by molar-refractivity contribution is -0.149. The summed E-state index contributed by atoms with van der Waals surface area (Å²) in [6.07, 6.45) is -1.08. The number of rotatable bonds is 14. The maximum absolute atomic E-state index is 13.2. The van der Waals surface area contributed by atoms with Crippen molar-refractivity contribution in [1.29, 1.82) is 0 Å². The van der Waals surface area contributed by atoms with Crippen LogP contribution in [0, 0.1) is 0 Å². The zero-order valence-electron chi connectivity index (χ0n) is 22.8. The molecule has 0 aliphatic rings. The Morgan fingerprint density at radius 3 is 1.76 bits per heavy atom. The molecule has 0 saturated carbocycles. The number of benzene rings is 2. The second-order valence-electron chi connectivity index (χ2n) is 8.74. The molecule has 0 spiro atoms. The summed E-state index contributed by atoms with van der Waals surface area (Å²) in [5, 5.41) is -0.218. The van der Waals surface area contributed by atoms with E-state index in [1.807, 2.05) is 0 Å². The number of sulfone groups is 1. The maximum atomic E-state index is 13.2. The van der Waals surface area contributed by atoms with E-state index in [1.165, 1.54) is 31.2 Å². The highest BCUT2D eigenvalue weighted by atomic mass is 35.5. The van der Waals surface area contributed by atoms with Crippen LogP contribution in [0.4, 0.5) is 0 Å². The van der Waals surface area contributed by atoms with Crippen molar-refractivity contribution in [2.45, 2.75) is 42.8 Å². The van der Waals surface area contributed by atoms with E-state index in [0.29, 0.717) is 4.31 Å². The second kappa shape index (κ2) is 15.1. The molecule has 0 aliphatic heterocycles. The van der Waals surface area contributed by atoms with Gasteiger partial charge in [0, 0.05) is 20.8 Å². The van der Waals surface area contributed by atoms with Crippen LogP contribution in [0.1, 0.15) is 20.8 Å². The molecule has 42 heavy (non-hydrogen) atoms. The van der Waals surface area contributed by atoms with Crippen molar-refractivity contribution in [2.24, 2.45) is 0 Å². The van der Waals surface area contributed by atoms with Crippen LogP contribution < -0.4 is 9.47 Å². The Bertz CT molecular complexity index is 1490. The summed E-state index contributed by atoms with van der Waals surface area (Å²) >= 11 is 18.2. The number of alkyl halides is 1. The Balaban J connectivity index is 2.19. The van der Waals surface area contributed by atoms with Gasteiger partial charge in [-0.15, -0.1) is 11.6 Å². The monoisotopic (exact) mass is 687 g/mol. The van der Waals surface area contributed by atoms with Crippen LogP contribution in [0.5, 0.6) is 11.5 Å². The van der Waals surface area contributed by atoms with Gasteiger partial charge in [0.1, 0.15) is 25.1 Å². The fourth-order valence-electron chi connectivity index (χ4n) is 3.43. The molecule has 232 valence electrons. The van der Waals surface area contributed by atoms with E-state index in [2.05, 4.69) is 0 Å². The minimum atomic E-state index is -4.11. The van der Waals surface area contributed by atoms with E-state index < -0.39 is 56.5 Å². The zero-order valence-corrected chi connectivity index (χ0v) is 26.7. The van der Waals surface area contributed by atoms with Gasteiger partial charge in [-0.25, -0.2) is 21.1 Å². The van der Waals surface area contributed by atoms with Gasteiger partial charge in [-0.1, -0.05) is 23.2 Å². The molecule has 17 heteroatoms. The first kappa shape index (κ1) is 35.4. The van der Waals surface area contributed by atoms with Crippen molar-refractivity contribution in [3.63, 3.8) is 0 Å². The van der Waals surface area contributed by atoms with Crippen LogP contribution in [0.25, 0.3) is 0 Å². The summed E-state index contributed by atoms with van der Waals surface area (Å²) in [7, 11) is -8.04. The van der Waals surface area contributed by atoms with Gasteiger partial charge in [0.2, 0.25) is 25.8 Å². The number of carbonyl (C=O) groups excluding carboxylic acids is 3. The van der Waals surface area contributed by atoms with Crippen LogP contribution in [0.3, 0.4) is 0 Å². The number of esters is 2. The second-order valence-corrected chi connectivity index (χ2v) is 13.7. The lowest BCUT2D eigenvalue weighted by atomic mass is 10.3. The van der Waals surface area contributed by atoms with Gasteiger partial charge in [-0.05, 0) is 36.4 Å². The van der Waals surface area contributed by atoms with Gasteiger partial charge in [-0.2, -0.15) is 0 Å². The van der Waals surface area contributed by atoms with Crippen LogP contribution in [0.15, 0.2) is 46.2 Å². The number of nitrogens with zero attached hydrogens (tertiary/aromatic N) is 1. The molecule has 0 aromatic heterocycles. The predicted octanol–water partition coefficient (Wildman–Crippen LogP) is 3.49. The van der Waals surface area contributed by atoms with Crippen molar-refractivity contribution in [1.82, 2.24) is 4.31 Å². The first-order chi connectivity index (χ1) is 19.4. The Morgan fingerprint density at radius 1 is 0.810 bits per heavy atom. The van der Waals surface area contributed by atoms with Crippen LogP contribution >= 0.6 is 34.8 Å². The van der Waals surface area contributed by atoms with E-state index >= 15 is 0 Å². The minimum Gasteiger partial charge on any atom is -0.490 e. The van der Waals surface area contributed by atoms with Gasteiger partial charge in [-0.3, -0.25) is 14.4 Å². The van der Waals surface area contributed by atoms with Crippen molar-refractivity contribution in [3.05, 3.63) is 46.4 Å². The molecule has 0 saturated heterocycles. The molecular weight excluding hydrogens is 661 g/mol. The van der Waals surface area contributed by atoms with Crippen LogP contribution in [-0.2, 0) is 43.7 Å². The highest BCUT2D eigenvalue weighted by Gasteiger charge is 2.27. The summed E-state index contributed by atoms with van der Waals surface area (Å²) in [4.78, 5) is 34.1. The highest BCUT2D eigenvalue weighted by Crippen LogP contribution is 2.37. The third kappa shape index (κ3) is 10.2. The lowest BCUT2D eigenvalue weighted by Gasteiger charge is -2.24. The number of amides is 1. The number of hydrogen-bond acceptors (Lipinski definition) is 11. The smallest absolute Gasteiger partial charge is 0.303 e. The molecule has 2 aromatic carbocycles. The molecule has 0 fully saturated rings. The van der Waals surface area contributed by atoms with Crippen molar-refractivity contribution in [2.75, 3.05) is 31.9 Å². The third-order valence-corrected chi connectivity index (χ3v) is 9.09. The van der Waals surface area contributed by atoms with Crippen LogP contribution in [-0.4, -0.2) is 83.1 Å². The molecule has 12 nitrogen and oxygen atoms in total. The summed E-state index contributed by atoms with van der Waals surface area (Å²) in [5.41, 5.74) is 0. The molecule has 0 bridgehead atoms. The molecule has 2 rings (SSSR count). The number of halogens is 3. The first-order valence-corrected chi connectivity index (χ1v) is 16.6. The summed E-state index contributed by atoms with van der Waals surface area (Å²) in [5.74, 6) is -1.96. The standard InChI is InChI=1S/C25H28Cl3NO11S2/c1-15(30)29(41(4,33)34)12-20(40-17(3)32)14-37-18-5-7-21(8-6-18)42(35,36)22-9-23(27)25(24(28)10-22)38-13-19(11-26)39-16(2)31/h5-10,19-20H,11-14H2,1-4H3/t19-,20?/m0/s1. The van der Waals surface area contributed by atoms with Crippen molar-refractivity contribution < 1.29 is 50.2 Å². The van der Waals surface area contributed by atoms with Crippen molar-refractivity contribution >= 4 is 72.5 Å². The summed E-state index contributed by atoms with van der Waals surface area (Å²) in [6, 6.07) is 7.46. The average molecular weight is 689 g/mol. The van der Waals surface area contributed by atoms with Gasteiger partial charge in [0.25, 0.3) is 0 Å². The summed E-state index contributed by atoms with van der Waals surface area (Å²) < 4.78 is 72.0. The number of ether oxygens (including phenoxy) is 4. The molecule has 2 atom stereocenters. The van der Waals surface area contributed by atoms with Crippen LogP contribution in [0.2, 0.25) is 10.0 Å². The van der Waals surface area contributed by atoms with Crippen molar-refractivity contribution in [3.8, 4) is 11.5 Å². The van der Waals surface area contributed by atoms with E-state index in [0.717, 1.165) is 32.2 Å². The molecular formula is C25H28Cl3NO11S2. The Morgan fingerprint density at radius 2 is 1.31 bits per heavy atom. The molecule has 1 unspecified atom stereocenters. The number of carbonyl (C=O) groups is 3. The molecule has 1 amide bonds. The zero-order chi connectivity index (χ0) is 31.8. The SMILES string of the molecule is CC(=O)OC(COc1ccc(S(=O)(=O)c2cc(Cl)c(OC[C@H](CCl)OC(C)=O)c(Cl)c2)cc1)CN(C(C)=O)S(C)(=O)=O. The van der Waals surface area contributed by atoms with Gasteiger partial charge >= 0.3 is 11.9 Å². The topological polar surface area (TPSA) is 160 Å².